The average molecular weight is 362 g/mol. The van der Waals surface area contributed by atoms with Gasteiger partial charge in [0.25, 0.3) is 5.56 Å². The van der Waals surface area contributed by atoms with Crippen molar-refractivity contribution in [1.29, 1.82) is 0 Å². The van der Waals surface area contributed by atoms with E-state index in [0.29, 0.717) is 23.4 Å². The van der Waals surface area contributed by atoms with Crippen molar-refractivity contribution in [3.05, 3.63) is 40.3 Å². The molecule has 0 spiro atoms. The molecule has 0 aliphatic carbocycles. The van der Waals surface area contributed by atoms with Crippen molar-refractivity contribution in [3.63, 3.8) is 0 Å². The zero-order valence-corrected chi connectivity index (χ0v) is 15.6. The number of nitrogens with zero attached hydrogens (tertiary/aromatic N) is 4. The lowest BCUT2D eigenvalue weighted by Gasteiger charge is -2.15. The third kappa shape index (κ3) is 4.39. The highest BCUT2D eigenvalue weighted by atomic mass is 32.2. The first-order chi connectivity index (χ1) is 12.0. The third-order valence-electron chi connectivity index (χ3n) is 3.62. The highest BCUT2D eigenvalue weighted by molar-refractivity contribution is 7.98. The van der Waals surface area contributed by atoms with Gasteiger partial charge in [0.2, 0.25) is 0 Å². The molecule has 2 aromatic heterocycles. The Morgan fingerprint density at radius 1 is 1.48 bits per heavy atom. The van der Waals surface area contributed by atoms with E-state index in [1.165, 1.54) is 17.7 Å². The van der Waals surface area contributed by atoms with Gasteiger partial charge in [-0.15, -0.1) is 0 Å². The number of hydrogen-bond donors (Lipinski definition) is 0. The maximum atomic E-state index is 12.8. The molecule has 0 aromatic carbocycles. The lowest BCUT2D eigenvalue weighted by molar-refractivity contribution is -0.142. The summed E-state index contributed by atoms with van der Waals surface area (Å²) in [5.74, 6) is 0.867. The van der Waals surface area contributed by atoms with Gasteiger partial charge in [-0.1, -0.05) is 6.07 Å². The number of aromatic nitrogens is 2. The Bertz CT molecular complexity index is 832. The molecular formula is C17H22N4O3S. The molecule has 0 aliphatic rings. The van der Waals surface area contributed by atoms with Gasteiger partial charge in [0.15, 0.2) is 0 Å². The predicted molar refractivity (Wildman–Crippen MR) is 102 cm³/mol. The number of esters is 1. The molecule has 0 radical (unpaired) electrons. The summed E-state index contributed by atoms with van der Waals surface area (Å²) in [6, 6.07) is 4.72. The Hall–Kier alpha value is -2.35. The van der Waals surface area contributed by atoms with Crippen LogP contribution in [0.5, 0.6) is 0 Å². The molecular weight excluding hydrogens is 340 g/mol. The number of pyridine rings is 1. The van der Waals surface area contributed by atoms with Crippen LogP contribution in [0.2, 0.25) is 0 Å². The van der Waals surface area contributed by atoms with Crippen molar-refractivity contribution in [3.8, 4) is 0 Å². The Balaban J connectivity index is 2.50. The van der Waals surface area contributed by atoms with Gasteiger partial charge in [0, 0.05) is 26.5 Å². The smallest absolute Gasteiger partial charge is 0.330 e. The fraction of sp³-hybridized carbons (Fsp3) is 0.412. The first kappa shape index (κ1) is 19.0. The minimum Gasteiger partial charge on any atom is -0.467 e. The van der Waals surface area contributed by atoms with Crippen LogP contribution in [0.1, 0.15) is 12.0 Å². The van der Waals surface area contributed by atoms with E-state index >= 15 is 0 Å². The van der Waals surface area contributed by atoms with E-state index in [9.17, 15) is 9.59 Å². The van der Waals surface area contributed by atoms with Gasteiger partial charge >= 0.3 is 5.97 Å². The summed E-state index contributed by atoms with van der Waals surface area (Å²) in [6.07, 6.45) is 5.60. The lowest BCUT2D eigenvalue weighted by Crippen LogP contribution is -2.26. The van der Waals surface area contributed by atoms with E-state index in [1.54, 1.807) is 35.0 Å². The van der Waals surface area contributed by atoms with Crippen LogP contribution in [-0.2, 0) is 9.53 Å². The number of carbonyl (C=O) groups is 1. The summed E-state index contributed by atoms with van der Waals surface area (Å²) in [4.78, 5) is 35.3. The predicted octanol–water partition coefficient (Wildman–Crippen LogP) is 1.47. The number of rotatable bonds is 7. The van der Waals surface area contributed by atoms with E-state index in [1.807, 2.05) is 26.4 Å². The zero-order chi connectivity index (χ0) is 18.4. The van der Waals surface area contributed by atoms with Gasteiger partial charge in [-0.3, -0.25) is 14.2 Å². The van der Waals surface area contributed by atoms with Crippen molar-refractivity contribution in [1.82, 2.24) is 9.38 Å². The van der Waals surface area contributed by atoms with Crippen molar-refractivity contribution in [2.45, 2.75) is 12.5 Å². The quantitative estimate of drug-likeness (QED) is 0.548. The fourth-order valence-corrected chi connectivity index (χ4v) is 2.79. The van der Waals surface area contributed by atoms with Crippen molar-refractivity contribution < 1.29 is 9.53 Å². The van der Waals surface area contributed by atoms with Crippen LogP contribution in [0.3, 0.4) is 0 Å². The minimum absolute atomic E-state index is 0.230. The molecule has 0 saturated carbocycles. The number of carbonyl (C=O) groups excluding carboxylic acids is 1. The second-order valence-electron chi connectivity index (χ2n) is 5.58. The molecule has 0 amide bonds. The molecule has 0 bridgehead atoms. The summed E-state index contributed by atoms with van der Waals surface area (Å²) in [5.41, 5.74) is 0.665. The Kier molecular flexibility index (Phi) is 6.58. The standard InChI is InChI=1S/C17H22N4O3S/c1-20(2)15-12(11-18-13(8-10-25-4)17(23)24-3)16(22)21-9-6-5-7-14(21)19-15/h5-7,9,11,13H,8,10H2,1-4H3. The second kappa shape index (κ2) is 8.66. The molecule has 0 N–H and O–H groups in total. The molecule has 2 heterocycles. The zero-order valence-electron chi connectivity index (χ0n) is 14.8. The number of methoxy groups -OCH3 is 1. The number of anilines is 1. The largest absolute Gasteiger partial charge is 0.467 e. The van der Waals surface area contributed by atoms with Crippen LogP contribution in [0, 0.1) is 0 Å². The van der Waals surface area contributed by atoms with E-state index in [0.717, 1.165) is 5.75 Å². The maximum absolute atomic E-state index is 12.8. The average Bonchev–Trinajstić information content (AvgIpc) is 2.62. The number of aliphatic imine (C=N–C) groups is 1. The number of hydrogen-bond acceptors (Lipinski definition) is 7. The lowest BCUT2D eigenvalue weighted by atomic mass is 10.2. The molecule has 2 aromatic rings. The van der Waals surface area contributed by atoms with Gasteiger partial charge in [0.1, 0.15) is 23.1 Å². The van der Waals surface area contributed by atoms with E-state index in [2.05, 4.69) is 9.98 Å². The van der Waals surface area contributed by atoms with E-state index < -0.39 is 12.0 Å². The Morgan fingerprint density at radius 2 is 2.24 bits per heavy atom. The highest BCUT2D eigenvalue weighted by Gasteiger charge is 2.18. The van der Waals surface area contributed by atoms with Crippen LogP contribution >= 0.6 is 11.8 Å². The van der Waals surface area contributed by atoms with Crippen LogP contribution in [0.15, 0.2) is 34.2 Å². The molecule has 7 nitrogen and oxygen atoms in total. The fourth-order valence-electron chi connectivity index (χ4n) is 2.33. The SMILES string of the molecule is COC(=O)C(CCSC)N=Cc1c(N(C)C)nc2ccccn2c1=O. The number of thioether (sulfide) groups is 1. The molecule has 0 saturated heterocycles. The van der Waals surface area contributed by atoms with Gasteiger partial charge < -0.3 is 9.64 Å². The van der Waals surface area contributed by atoms with Crippen LogP contribution in [0.25, 0.3) is 5.65 Å². The van der Waals surface area contributed by atoms with Gasteiger partial charge in [-0.2, -0.15) is 11.8 Å². The molecule has 8 heteroatoms. The summed E-state index contributed by atoms with van der Waals surface area (Å²) in [7, 11) is 4.95. The molecule has 2 rings (SSSR count). The van der Waals surface area contributed by atoms with Crippen molar-refractivity contribution >= 4 is 35.4 Å². The summed E-state index contributed by atoms with van der Waals surface area (Å²) in [6.45, 7) is 0. The molecule has 0 aliphatic heterocycles. The molecule has 25 heavy (non-hydrogen) atoms. The third-order valence-corrected chi connectivity index (χ3v) is 4.27. The van der Waals surface area contributed by atoms with Gasteiger partial charge in [0.05, 0.1) is 7.11 Å². The van der Waals surface area contributed by atoms with Crippen LogP contribution < -0.4 is 10.5 Å². The normalized spacial score (nSPS) is 12.5. The van der Waals surface area contributed by atoms with Gasteiger partial charge in [-0.05, 0) is 30.6 Å². The van der Waals surface area contributed by atoms with Crippen LogP contribution in [-0.4, -0.2) is 60.8 Å². The minimum atomic E-state index is -0.636. The maximum Gasteiger partial charge on any atom is 0.330 e. The van der Waals surface area contributed by atoms with Gasteiger partial charge in [-0.25, -0.2) is 9.78 Å². The van der Waals surface area contributed by atoms with Crippen LogP contribution in [0.4, 0.5) is 5.82 Å². The summed E-state index contributed by atoms with van der Waals surface area (Å²) in [5, 5.41) is 0. The van der Waals surface area contributed by atoms with Crippen molar-refractivity contribution in [2.24, 2.45) is 4.99 Å². The molecule has 134 valence electrons. The van der Waals surface area contributed by atoms with E-state index in [-0.39, 0.29) is 5.56 Å². The van der Waals surface area contributed by atoms with E-state index in [4.69, 9.17) is 4.74 Å². The number of ether oxygens (including phenoxy) is 1. The molecule has 1 atom stereocenters. The first-order valence-corrected chi connectivity index (χ1v) is 9.17. The van der Waals surface area contributed by atoms with Crippen molar-refractivity contribution in [2.75, 3.05) is 38.1 Å². The molecule has 0 fully saturated rings. The molecule has 1 unspecified atom stereocenters. The Morgan fingerprint density at radius 3 is 2.88 bits per heavy atom. The topological polar surface area (TPSA) is 76.3 Å². The number of fused-ring (bicyclic) bond motifs is 1. The Labute approximate surface area is 150 Å². The monoisotopic (exact) mass is 362 g/mol. The second-order valence-corrected chi connectivity index (χ2v) is 6.56. The highest BCUT2D eigenvalue weighted by Crippen LogP contribution is 2.13. The summed E-state index contributed by atoms with van der Waals surface area (Å²) < 4.78 is 6.27. The summed E-state index contributed by atoms with van der Waals surface area (Å²) >= 11 is 1.62. The first-order valence-electron chi connectivity index (χ1n) is 7.78.